The third kappa shape index (κ3) is 4.77. The molecule has 4 heteroatoms. The van der Waals surface area contributed by atoms with Crippen LogP contribution >= 0.6 is 0 Å². The van der Waals surface area contributed by atoms with E-state index in [9.17, 15) is 9.59 Å². The summed E-state index contributed by atoms with van der Waals surface area (Å²) in [5.41, 5.74) is -1.93. The average molecular weight is 322 g/mol. The molecule has 0 saturated heterocycles. The van der Waals surface area contributed by atoms with E-state index in [4.69, 9.17) is 9.47 Å². The molecule has 4 nitrogen and oxygen atoms in total. The first kappa shape index (κ1) is 19.6. The predicted octanol–water partition coefficient (Wildman–Crippen LogP) is 3.85. The fourth-order valence-corrected chi connectivity index (χ4v) is 2.64. The molecule has 0 fully saturated rings. The molecular formula is C19H30O4. The summed E-state index contributed by atoms with van der Waals surface area (Å²) in [6.07, 6.45) is 8.51. The Morgan fingerprint density at radius 2 is 1.87 bits per heavy atom. The number of carbonyl (C=O) groups is 2. The van der Waals surface area contributed by atoms with E-state index in [-0.39, 0.29) is 11.9 Å². The van der Waals surface area contributed by atoms with E-state index < -0.39 is 22.9 Å². The predicted molar refractivity (Wildman–Crippen MR) is 91.1 cm³/mol. The van der Waals surface area contributed by atoms with Gasteiger partial charge in [0.25, 0.3) is 0 Å². The van der Waals surface area contributed by atoms with E-state index in [1.54, 1.807) is 24.3 Å². The molecule has 0 aliphatic heterocycles. The van der Waals surface area contributed by atoms with Gasteiger partial charge in [-0.05, 0) is 26.3 Å². The van der Waals surface area contributed by atoms with Gasteiger partial charge in [0.2, 0.25) is 0 Å². The maximum absolute atomic E-state index is 13.1. The van der Waals surface area contributed by atoms with Crippen LogP contribution in [0.15, 0.2) is 24.3 Å². The Morgan fingerprint density at radius 3 is 2.39 bits per heavy atom. The second-order valence-corrected chi connectivity index (χ2v) is 7.28. The zero-order valence-electron chi connectivity index (χ0n) is 15.2. The standard InChI is InChI=1S/C19H30O4/c1-7-8-13-22-16(20)15-11-9-10-12-19(15,23-14(2)3)17(21)18(4,5)6/h9-12,14-15H,7-8,13H2,1-6H3. The summed E-state index contributed by atoms with van der Waals surface area (Å²) in [4.78, 5) is 25.7. The van der Waals surface area contributed by atoms with Gasteiger partial charge in [-0.1, -0.05) is 52.3 Å². The number of hydrogen-bond donors (Lipinski definition) is 0. The molecule has 1 aliphatic carbocycles. The van der Waals surface area contributed by atoms with Crippen molar-refractivity contribution < 1.29 is 19.1 Å². The van der Waals surface area contributed by atoms with Crippen molar-refractivity contribution in [1.29, 1.82) is 0 Å². The van der Waals surface area contributed by atoms with Gasteiger partial charge in [0, 0.05) is 5.41 Å². The minimum Gasteiger partial charge on any atom is -0.465 e. The lowest BCUT2D eigenvalue weighted by Gasteiger charge is -2.40. The molecule has 0 aromatic heterocycles. The molecule has 0 spiro atoms. The molecule has 0 radical (unpaired) electrons. The highest BCUT2D eigenvalue weighted by Crippen LogP contribution is 2.37. The van der Waals surface area contributed by atoms with E-state index >= 15 is 0 Å². The molecule has 0 N–H and O–H groups in total. The number of ether oxygens (including phenoxy) is 2. The number of allylic oxidation sites excluding steroid dienone is 2. The van der Waals surface area contributed by atoms with Crippen molar-refractivity contribution in [2.24, 2.45) is 11.3 Å². The molecule has 130 valence electrons. The van der Waals surface area contributed by atoms with Crippen molar-refractivity contribution in [3.05, 3.63) is 24.3 Å². The minimum absolute atomic E-state index is 0.114. The first-order valence-electron chi connectivity index (χ1n) is 8.40. The highest BCUT2D eigenvalue weighted by atomic mass is 16.5. The number of rotatable bonds is 7. The van der Waals surface area contributed by atoms with Crippen molar-refractivity contribution in [1.82, 2.24) is 0 Å². The molecule has 2 unspecified atom stereocenters. The monoisotopic (exact) mass is 322 g/mol. The number of carbonyl (C=O) groups excluding carboxylic acids is 2. The van der Waals surface area contributed by atoms with Gasteiger partial charge in [0.05, 0.1) is 12.7 Å². The average Bonchev–Trinajstić information content (AvgIpc) is 2.45. The lowest BCUT2D eigenvalue weighted by Crippen LogP contribution is -2.55. The van der Waals surface area contributed by atoms with Crippen LogP contribution < -0.4 is 0 Å². The number of Topliss-reactive ketones (excluding diaryl/α,β-unsaturated/α-hetero) is 1. The molecule has 0 aromatic rings. The molecule has 0 bridgehead atoms. The van der Waals surface area contributed by atoms with Crippen molar-refractivity contribution >= 4 is 11.8 Å². The first-order valence-corrected chi connectivity index (χ1v) is 8.40. The number of ketones is 1. The number of esters is 1. The normalized spacial score (nSPS) is 24.0. The van der Waals surface area contributed by atoms with E-state index in [1.165, 1.54) is 0 Å². The minimum atomic E-state index is -1.30. The first-order chi connectivity index (χ1) is 10.6. The maximum atomic E-state index is 13.1. The summed E-state index contributed by atoms with van der Waals surface area (Å²) in [6, 6.07) is 0. The molecule has 23 heavy (non-hydrogen) atoms. The molecule has 2 atom stereocenters. The fourth-order valence-electron chi connectivity index (χ4n) is 2.64. The summed E-state index contributed by atoms with van der Waals surface area (Å²) in [7, 11) is 0. The largest absolute Gasteiger partial charge is 0.465 e. The fraction of sp³-hybridized carbons (Fsp3) is 0.684. The quantitative estimate of drug-likeness (QED) is 0.528. The Hall–Kier alpha value is -1.42. The Bertz CT molecular complexity index is 482. The molecule has 1 rings (SSSR count). The van der Waals surface area contributed by atoms with Gasteiger partial charge in [-0.15, -0.1) is 0 Å². The van der Waals surface area contributed by atoms with E-state index in [0.717, 1.165) is 12.8 Å². The Kier molecular flexibility index (Phi) is 6.75. The molecule has 0 amide bonds. The number of hydrogen-bond acceptors (Lipinski definition) is 4. The Labute approximate surface area is 139 Å². The van der Waals surface area contributed by atoms with Crippen LogP contribution in [0.4, 0.5) is 0 Å². The van der Waals surface area contributed by atoms with Crippen LogP contribution in [0.2, 0.25) is 0 Å². The SMILES string of the molecule is CCCCOC(=O)C1C=CC=CC1(OC(C)C)C(=O)C(C)(C)C. The van der Waals surface area contributed by atoms with E-state index in [2.05, 4.69) is 0 Å². The lowest BCUT2D eigenvalue weighted by atomic mass is 9.71. The smallest absolute Gasteiger partial charge is 0.316 e. The van der Waals surface area contributed by atoms with E-state index in [1.807, 2.05) is 41.5 Å². The van der Waals surface area contributed by atoms with Crippen LogP contribution in [0.25, 0.3) is 0 Å². The Balaban J connectivity index is 3.17. The van der Waals surface area contributed by atoms with Gasteiger partial charge in [-0.25, -0.2) is 0 Å². The Morgan fingerprint density at radius 1 is 1.22 bits per heavy atom. The second kappa shape index (κ2) is 7.91. The number of unbranched alkanes of at least 4 members (excludes halogenated alkanes) is 1. The van der Waals surface area contributed by atoms with Gasteiger partial charge in [-0.3, -0.25) is 9.59 Å². The van der Waals surface area contributed by atoms with Crippen LogP contribution in [-0.4, -0.2) is 30.1 Å². The van der Waals surface area contributed by atoms with Crippen LogP contribution in [0.3, 0.4) is 0 Å². The molecule has 0 saturated carbocycles. The summed E-state index contributed by atoms with van der Waals surface area (Å²) < 4.78 is 11.4. The third-order valence-corrected chi connectivity index (χ3v) is 3.68. The summed E-state index contributed by atoms with van der Waals surface area (Å²) >= 11 is 0. The van der Waals surface area contributed by atoms with Crippen LogP contribution in [-0.2, 0) is 19.1 Å². The van der Waals surface area contributed by atoms with Gasteiger partial charge < -0.3 is 9.47 Å². The zero-order valence-corrected chi connectivity index (χ0v) is 15.2. The van der Waals surface area contributed by atoms with Crippen LogP contribution in [0.1, 0.15) is 54.4 Å². The van der Waals surface area contributed by atoms with Gasteiger partial charge in [-0.2, -0.15) is 0 Å². The zero-order chi connectivity index (χ0) is 17.7. The van der Waals surface area contributed by atoms with Crippen molar-refractivity contribution in [2.75, 3.05) is 6.61 Å². The summed E-state index contributed by atoms with van der Waals surface area (Å²) in [5.74, 6) is -1.27. The molecule has 0 heterocycles. The van der Waals surface area contributed by atoms with Gasteiger partial charge in [0.15, 0.2) is 11.4 Å². The van der Waals surface area contributed by atoms with Gasteiger partial charge >= 0.3 is 5.97 Å². The van der Waals surface area contributed by atoms with Crippen LogP contribution in [0.5, 0.6) is 0 Å². The molecular weight excluding hydrogens is 292 g/mol. The van der Waals surface area contributed by atoms with Crippen LogP contribution in [0, 0.1) is 11.3 Å². The highest BCUT2D eigenvalue weighted by Gasteiger charge is 2.52. The van der Waals surface area contributed by atoms with Crippen molar-refractivity contribution in [2.45, 2.75) is 66.1 Å². The topological polar surface area (TPSA) is 52.6 Å². The lowest BCUT2D eigenvalue weighted by molar-refractivity contribution is -0.171. The maximum Gasteiger partial charge on any atom is 0.316 e. The third-order valence-electron chi connectivity index (χ3n) is 3.68. The molecule has 1 aliphatic rings. The van der Waals surface area contributed by atoms with Gasteiger partial charge in [0.1, 0.15) is 5.92 Å². The molecule has 0 aromatic carbocycles. The van der Waals surface area contributed by atoms with Crippen molar-refractivity contribution in [3.8, 4) is 0 Å². The van der Waals surface area contributed by atoms with E-state index in [0.29, 0.717) is 6.61 Å². The highest BCUT2D eigenvalue weighted by molar-refractivity contribution is 5.99. The van der Waals surface area contributed by atoms with Crippen molar-refractivity contribution in [3.63, 3.8) is 0 Å². The second-order valence-electron chi connectivity index (χ2n) is 7.28. The summed E-state index contributed by atoms with van der Waals surface area (Å²) in [5, 5.41) is 0. The summed E-state index contributed by atoms with van der Waals surface area (Å²) in [6.45, 7) is 11.6.